The first kappa shape index (κ1) is 18.5. The predicted molar refractivity (Wildman–Crippen MR) is 89.3 cm³/mol. The van der Waals surface area contributed by atoms with Crippen LogP contribution in [0.1, 0.15) is 40.5 Å². The van der Waals surface area contributed by atoms with Crippen LogP contribution >= 0.6 is 0 Å². The Bertz CT molecular complexity index is 514. The van der Waals surface area contributed by atoms with Crippen LogP contribution < -0.4 is 5.32 Å². The van der Waals surface area contributed by atoms with Crippen LogP contribution in [0.2, 0.25) is 0 Å². The van der Waals surface area contributed by atoms with E-state index in [1.807, 2.05) is 27.7 Å². The second kappa shape index (κ2) is 6.99. The molecular weight excluding hydrogens is 310 g/mol. The van der Waals surface area contributed by atoms with Gasteiger partial charge in [0.25, 0.3) is 0 Å². The number of carbonyl (C=O) groups is 3. The molecule has 7 heteroatoms. The largest absolute Gasteiger partial charge is 0.444 e. The fraction of sp³-hybridized carbons (Fsp3) is 0.824. The number of likely N-dealkylation sites (N-methyl/N-ethyl adjacent to an activating group) is 1. The van der Waals surface area contributed by atoms with Gasteiger partial charge in [-0.3, -0.25) is 9.59 Å². The van der Waals surface area contributed by atoms with Crippen molar-refractivity contribution < 1.29 is 19.1 Å². The Labute approximate surface area is 143 Å². The van der Waals surface area contributed by atoms with E-state index in [9.17, 15) is 14.4 Å². The molecule has 2 fully saturated rings. The van der Waals surface area contributed by atoms with Crippen molar-refractivity contribution >= 4 is 17.9 Å². The minimum Gasteiger partial charge on any atom is -0.444 e. The van der Waals surface area contributed by atoms with Crippen molar-refractivity contribution in [3.63, 3.8) is 0 Å². The quantitative estimate of drug-likeness (QED) is 0.821. The smallest absolute Gasteiger partial charge is 0.410 e. The molecule has 7 nitrogen and oxygen atoms in total. The van der Waals surface area contributed by atoms with Gasteiger partial charge in [-0.1, -0.05) is 6.92 Å². The topological polar surface area (TPSA) is 79.0 Å². The Hall–Kier alpha value is -1.79. The number of nitrogens with one attached hydrogen (secondary N) is 1. The van der Waals surface area contributed by atoms with Crippen LogP contribution in [0.15, 0.2) is 0 Å². The lowest BCUT2D eigenvalue weighted by molar-refractivity contribution is -0.134. The molecule has 136 valence electrons. The van der Waals surface area contributed by atoms with Crippen molar-refractivity contribution in [2.45, 2.75) is 52.2 Å². The monoisotopic (exact) mass is 339 g/mol. The Kier molecular flexibility index (Phi) is 5.40. The van der Waals surface area contributed by atoms with Crippen LogP contribution in [-0.2, 0) is 14.3 Å². The highest BCUT2D eigenvalue weighted by Crippen LogP contribution is 2.25. The van der Waals surface area contributed by atoms with Gasteiger partial charge in [0.2, 0.25) is 11.8 Å². The first-order valence-corrected chi connectivity index (χ1v) is 8.59. The zero-order valence-electron chi connectivity index (χ0n) is 15.3. The summed E-state index contributed by atoms with van der Waals surface area (Å²) in [4.78, 5) is 39.5. The first-order valence-electron chi connectivity index (χ1n) is 8.59. The van der Waals surface area contributed by atoms with Gasteiger partial charge in [-0.05, 0) is 33.1 Å². The number of hydrogen-bond donors (Lipinski definition) is 1. The number of amides is 3. The van der Waals surface area contributed by atoms with Gasteiger partial charge >= 0.3 is 6.09 Å². The summed E-state index contributed by atoms with van der Waals surface area (Å²) >= 11 is 0. The molecule has 0 radical (unpaired) electrons. The molecule has 2 aliphatic rings. The molecular formula is C17H29N3O4. The van der Waals surface area contributed by atoms with Gasteiger partial charge in [-0.25, -0.2) is 4.79 Å². The summed E-state index contributed by atoms with van der Waals surface area (Å²) in [5.41, 5.74) is -0.542. The minimum absolute atomic E-state index is 0.0111. The lowest BCUT2D eigenvalue weighted by Gasteiger charge is -2.31. The van der Waals surface area contributed by atoms with Crippen molar-refractivity contribution in [1.29, 1.82) is 0 Å². The number of ether oxygens (including phenoxy) is 1. The van der Waals surface area contributed by atoms with Crippen molar-refractivity contribution in [2.24, 2.45) is 11.8 Å². The molecule has 2 heterocycles. The van der Waals surface area contributed by atoms with E-state index in [4.69, 9.17) is 4.74 Å². The van der Waals surface area contributed by atoms with E-state index in [0.29, 0.717) is 32.5 Å². The third-order valence-electron chi connectivity index (χ3n) is 4.57. The van der Waals surface area contributed by atoms with Crippen molar-refractivity contribution in [2.75, 3.05) is 26.7 Å². The first-order chi connectivity index (χ1) is 11.1. The van der Waals surface area contributed by atoms with Gasteiger partial charge in [-0.2, -0.15) is 0 Å². The van der Waals surface area contributed by atoms with Crippen LogP contribution in [0.25, 0.3) is 0 Å². The highest BCUT2D eigenvalue weighted by Gasteiger charge is 2.39. The van der Waals surface area contributed by atoms with E-state index in [1.54, 1.807) is 16.8 Å². The lowest BCUT2D eigenvalue weighted by Crippen LogP contribution is -2.50. The molecule has 24 heavy (non-hydrogen) atoms. The highest BCUT2D eigenvalue weighted by molar-refractivity contribution is 5.82. The van der Waals surface area contributed by atoms with Crippen LogP contribution in [0, 0.1) is 11.8 Å². The molecule has 3 amide bonds. The molecule has 0 aromatic carbocycles. The number of nitrogens with zero attached hydrogens (tertiary/aromatic N) is 2. The standard InChI is InChI=1S/C17H29N3O4/c1-11-8-20(16(23)24-17(2,3)4)10-13(11)15(22)18-12-6-7-14(21)19(5)9-12/h11-13H,6-10H2,1-5H3,(H,18,22)/t11-,12-,13+/m1/s1. The molecule has 2 rings (SSSR count). The molecule has 0 aliphatic carbocycles. The van der Waals surface area contributed by atoms with Gasteiger partial charge in [0, 0.05) is 39.1 Å². The second-order valence-corrected chi connectivity index (χ2v) is 7.99. The summed E-state index contributed by atoms with van der Waals surface area (Å²) in [5, 5.41) is 3.04. The predicted octanol–water partition coefficient (Wildman–Crippen LogP) is 1.23. The number of carbonyl (C=O) groups excluding carboxylic acids is 3. The number of rotatable bonds is 2. The molecule has 2 saturated heterocycles. The van der Waals surface area contributed by atoms with E-state index in [1.165, 1.54) is 0 Å². The molecule has 0 saturated carbocycles. The average molecular weight is 339 g/mol. The van der Waals surface area contributed by atoms with E-state index < -0.39 is 5.60 Å². The third kappa shape index (κ3) is 4.61. The molecule has 1 N–H and O–H groups in total. The summed E-state index contributed by atoms with van der Waals surface area (Å²) in [6.07, 6.45) is 0.768. The molecule has 0 bridgehead atoms. The van der Waals surface area contributed by atoms with E-state index in [-0.39, 0.29) is 35.8 Å². The van der Waals surface area contributed by atoms with E-state index >= 15 is 0 Å². The SMILES string of the molecule is C[C@@H]1CN(C(=O)OC(C)(C)C)C[C@@H]1C(=O)N[C@@H]1CCC(=O)N(C)C1. The van der Waals surface area contributed by atoms with Gasteiger partial charge in [0.05, 0.1) is 5.92 Å². The normalized spacial score (nSPS) is 28.0. The summed E-state index contributed by atoms with van der Waals surface area (Å²) in [6, 6.07) is -0.0111. The molecule has 2 aliphatic heterocycles. The number of piperidine rings is 1. The summed E-state index contributed by atoms with van der Waals surface area (Å²) in [5.74, 6) is -0.0759. The van der Waals surface area contributed by atoms with Crippen LogP contribution in [0.5, 0.6) is 0 Å². The van der Waals surface area contributed by atoms with E-state index in [0.717, 1.165) is 0 Å². The lowest BCUT2D eigenvalue weighted by atomic mass is 9.96. The fourth-order valence-corrected chi connectivity index (χ4v) is 3.22. The number of hydrogen-bond acceptors (Lipinski definition) is 4. The number of likely N-dealkylation sites (tertiary alicyclic amines) is 2. The van der Waals surface area contributed by atoms with Crippen LogP contribution in [0.4, 0.5) is 4.79 Å². The van der Waals surface area contributed by atoms with Gasteiger partial charge in [0.1, 0.15) is 5.60 Å². The van der Waals surface area contributed by atoms with Gasteiger partial charge in [-0.15, -0.1) is 0 Å². The molecule has 0 unspecified atom stereocenters. The van der Waals surface area contributed by atoms with Gasteiger partial charge < -0.3 is 19.9 Å². The molecule has 0 aromatic rings. The minimum atomic E-state index is -0.542. The van der Waals surface area contributed by atoms with Crippen molar-refractivity contribution in [3.8, 4) is 0 Å². The van der Waals surface area contributed by atoms with Crippen molar-refractivity contribution in [1.82, 2.24) is 15.1 Å². The molecule has 0 aromatic heterocycles. The maximum atomic E-state index is 12.6. The fourth-order valence-electron chi connectivity index (χ4n) is 3.22. The van der Waals surface area contributed by atoms with Crippen molar-refractivity contribution in [3.05, 3.63) is 0 Å². The summed E-state index contributed by atoms with van der Waals surface area (Å²) in [7, 11) is 1.75. The summed E-state index contributed by atoms with van der Waals surface area (Å²) < 4.78 is 5.38. The summed E-state index contributed by atoms with van der Waals surface area (Å²) in [6.45, 7) is 8.91. The average Bonchev–Trinajstić information content (AvgIpc) is 2.83. The van der Waals surface area contributed by atoms with Gasteiger partial charge in [0.15, 0.2) is 0 Å². The van der Waals surface area contributed by atoms with Crippen LogP contribution in [0.3, 0.4) is 0 Å². The maximum absolute atomic E-state index is 12.6. The zero-order chi connectivity index (χ0) is 18.1. The van der Waals surface area contributed by atoms with E-state index in [2.05, 4.69) is 5.32 Å². The Morgan fingerprint density at radius 2 is 1.88 bits per heavy atom. The molecule has 0 spiro atoms. The van der Waals surface area contributed by atoms with Crippen LogP contribution in [-0.4, -0.2) is 66.0 Å². The molecule has 3 atom stereocenters. The third-order valence-corrected chi connectivity index (χ3v) is 4.57. The zero-order valence-corrected chi connectivity index (χ0v) is 15.3. The maximum Gasteiger partial charge on any atom is 0.410 e. The highest BCUT2D eigenvalue weighted by atomic mass is 16.6. The second-order valence-electron chi connectivity index (χ2n) is 7.99. The Balaban J connectivity index is 1.89. The Morgan fingerprint density at radius 3 is 2.46 bits per heavy atom. The Morgan fingerprint density at radius 1 is 1.21 bits per heavy atom.